The molecule has 1 aromatic rings. The fourth-order valence-electron chi connectivity index (χ4n) is 2.94. The molecule has 4 heteroatoms. The van der Waals surface area contributed by atoms with Crippen LogP contribution in [0.15, 0.2) is 30.3 Å². The summed E-state index contributed by atoms with van der Waals surface area (Å²) in [6, 6.07) is 10.1. The molecule has 1 atom stereocenters. The summed E-state index contributed by atoms with van der Waals surface area (Å²) >= 11 is 0. The normalized spacial score (nSPS) is 18.4. The minimum Gasteiger partial charge on any atom is -0.388 e. The van der Waals surface area contributed by atoms with Gasteiger partial charge in [0.05, 0.1) is 12.6 Å². The third-order valence-corrected chi connectivity index (χ3v) is 4.75. The summed E-state index contributed by atoms with van der Waals surface area (Å²) in [5, 5.41) is 10.5. The predicted molar refractivity (Wildman–Crippen MR) is 88.5 cm³/mol. The van der Waals surface area contributed by atoms with E-state index in [1.165, 1.54) is 0 Å². The van der Waals surface area contributed by atoms with Crippen LogP contribution in [-0.4, -0.2) is 53.5 Å². The number of benzene rings is 1. The number of aliphatic hydroxyl groups excluding tert-OH is 1. The highest BCUT2D eigenvalue weighted by Crippen LogP contribution is 2.30. The van der Waals surface area contributed by atoms with Crippen molar-refractivity contribution in [2.24, 2.45) is 5.92 Å². The van der Waals surface area contributed by atoms with Gasteiger partial charge in [-0.25, -0.2) is 0 Å². The molecular weight excluding hydrogens is 276 g/mol. The SMILES string of the molecule is CC(C)N(C)C(=O)CN1CCC(C(O)c2ccccc2)CC1. The average Bonchev–Trinajstić information content (AvgIpc) is 2.54. The van der Waals surface area contributed by atoms with Crippen LogP contribution in [0.5, 0.6) is 0 Å². The zero-order chi connectivity index (χ0) is 16.1. The molecule has 1 saturated heterocycles. The average molecular weight is 304 g/mol. The number of amides is 1. The molecule has 0 radical (unpaired) electrons. The van der Waals surface area contributed by atoms with Crippen LogP contribution in [0.2, 0.25) is 0 Å². The predicted octanol–water partition coefficient (Wildman–Crippen LogP) is 2.30. The second kappa shape index (κ2) is 7.75. The maximum atomic E-state index is 12.1. The lowest BCUT2D eigenvalue weighted by molar-refractivity contribution is -0.133. The Labute approximate surface area is 133 Å². The molecule has 1 heterocycles. The Kier molecular flexibility index (Phi) is 5.98. The Morgan fingerprint density at radius 2 is 1.86 bits per heavy atom. The molecule has 0 aromatic heterocycles. The molecule has 1 aromatic carbocycles. The van der Waals surface area contributed by atoms with E-state index in [2.05, 4.69) is 4.90 Å². The number of likely N-dealkylation sites (tertiary alicyclic amines) is 1. The molecular formula is C18H28N2O2. The van der Waals surface area contributed by atoms with E-state index in [0.717, 1.165) is 31.5 Å². The Bertz CT molecular complexity index is 467. The molecule has 1 fully saturated rings. The van der Waals surface area contributed by atoms with Crippen LogP contribution in [-0.2, 0) is 4.79 Å². The van der Waals surface area contributed by atoms with E-state index >= 15 is 0 Å². The number of carbonyl (C=O) groups excluding carboxylic acids is 1. The van der Waals surface area contributed by atoms with Gasteiger partial charge in [-0.05, 0) is 51.3 Å². The van der Waals surface area contributed by atoms with Gasteiger partial charge < -0.3 is 10.0 Å². The smallest absolute Gasteiger partial charge is 0.236 e. The molecule has 1 unspecified atom stereocenters. The number of nitrogens with zero attached hydrogens (tertiary/aromatic N) is 2. The van der Waals surface area contributed by atoms with Gasteiger partial charge in [0.15, 0.2) is 0 Å². The molecule has 1 aliphatic heterocycles. The monoisotopic (exact) mass is 304 g/mol. The van der Waals surface area contributed by atoms with Crippen molar-refractivity contribution in [1.82, 2.24) is 9.80 Å². The van der Waals surface area contributed by atoms with Crippen LogP contribution < -0.4 is 0 Å². The molecule has 22 heavy (non-hydrogen) atoms. The fourth-order valence-corrected chi connectivity index (χ4v) is 2.94. The summed E-state index contributed by atoms with van der Waals surface area (Å²) in [7, 11) is 1.86. The molecule has 0 bridgehead atoms. The molecule has 0 aliphatic carbocycles. The molecule has 4 nitrogen and oxygen atoms in total. The molecule has 1 aliphatic rings. The second-order valence-corrected chi connectivity index (χ2v) is 6.57. The topological polar surface area (TPSA) is 43.8 Å². The highest BCUT2D eigenvalue weighted by atomic mass is 16.3. The van der Waals surface area contributed by atoms with Gasteiger partial charge >= 0.3 is 0 Å². The van der Waals surface area contributed by atoms with Crippen molar-refractivity contribution in [1.29, 1.82) is 0 Å². The van der Waals surface area contributed by atoms with Crippen molar-refractivity contribution in [3.63, 3.8) is 0 Å². The van der Waals surface area contributed by atoms with E-state index in [1.807, 2.05) is 51.2 Å². The van der Waals surface area contributed by atoms with Crippen LogP contribution in [0.25, 0.3) is 0 Å². The Morgan fingerprint density at radius 1 is 1.27 bits per heavy atom. The minimum absolute atomic E-state index is 0.178. The van der Waals surface area contributed by atoms with Gasteiger partial charge in [-0.15, -0.1) is 0 Å². The molecule has 1 N–H and O–H groups in total. The van der Waals surface area contributed by atoms with Crippen LogP contribution in [0.3, 0.4) is 0 Å². The first-order valence-corrected chi connectivity index (χ1v) is 8.20. The summed E-state index contributed by atoms with van der Waals surface area (Å²) in [5.74, 6) is 0.466. The largest absolute Gasteiger partial charge is 0.388 e. The molecule has 0 saturated carbocycles. The van der Waals surface area contributed by atoms with Crippen molar-refractivity contribution in [3.05, 3.63) is 35.9 Å². The lowest BCUT2D eigenvalue weighted by Crippen LogP contribution is -2.44. The van der Waals surface area contributed by atoms with E-state index in [1.54, 1.807) is 4.90 Å². The van der Waals surface area contributed by atoms with Gasteiger partial charge in [0.1, 0.15) is 0 Å². The van der Waals surface area contributed by atoms with Crippen molar-refractivity contribution < 1.29 is 9.90 Å². The summed E-state index contributed by atoms with van der Waals surface area (Å²) in [6.45, 7) is 6.31. The summed E-state index contributed by atoms with van der Waals surface area (Å²) in [6.07, 6.45) is 1.49. The number of aliphatic hydroxyl groups is 1. The Balaban J connectivity index is 1.82. The Morgan fingerprint density at radius 3 is 2.41 bits per heavy atom. The highest BCUT2D eigenvalue weighted by Gasteiger charge is 2.27. The summed E-state index contributed by atoms with van der Waals surface area (Å²) < 4.78 is 0. The number of carbonyl (C=O) groups is 1. The maximum Gasteiger partial charge on any atom is 0.236 e. The lowest BCUT2D eigenvalue weighted by atomic mass is 9.87. The molecule has 1 amide bonds. The van der Waals surface area contributed by atoms with Crippen molar-refractivity contribution in [2.75, 3.05) is 26.7 Å². The number of piperidine rings is 1. The van der Waals surface area contributed by atoms with Crippen LogP contribution >= 0.6 is 0 Å². The summed E-state index contributed by atoms with van der Waals surface area (Å²) in [5.41, 5.74) is 0.997. The third kappa shape index (κ3) is 4.31. The maximum absolute atomic E-state index is 12.1. The standard InChI is InChI=1S/C18H28N2O2/c1-14(2)19(3)17(21)13-20-11-9-16(10-12-20)18(22)15-7-5-4-6-8-15/h4-8,14,16,18,22H,9-13H2,1-3H3. The molecule has 0 spiro atoms. The Hall–Kier alpha value is -1.39. The summed E-state index contributed by atoms with van der Waals surface area (Å²) in [4.78, 5) is 16.1. The van der Waals surface area contributed by atoms with Crippen molar-refractivity contribution in [2.45, 2.75) is 38.8 Å². The van der Waals surface area contributed by atoms with Gasteiger partial charge in [0.2, 0.25) is 5.91 Å². The van der Waals surface area contributed by atoms with Gasteiger partial charge in [-0.2, -0.15) is 0 Å². The van der Waals surface area contributed by atoms with Crippen molar-refractivity contribution in [3.8, 4) is 0 Å². The highest BCUT2D eigenvalue weighted by molar-refractivity contribution is 5.78. The molecule has 122 valence electrons. The second-order valence-electron chi connectivity index (χ2n) is 6.57. The zero-order valence-electron chi connectivity index (χ0n) is 13.9. The van der Waals surface area contributed by atoms with E-state index in [4.69, 9.17) is 0 Å². The van der Waals surface area contributed by atoms with Gasteiger partial charge in [-0.3, -0.25) is 9.69 Å². The van der Waals surface area contributed by atoms with E-state index < -0.39 is 6.10 Å². The number of hydrogen-bond donors (Lipinski definition) is 1. The van der Waals surface area contributed by atoms with E-state index in [9.17, 15) is 9.90 Å². The van der Waals surface area contributed by atoms with Gasteiger partial charge in [-0.1, -0.05) is 30.3 Å². The van der Waals surface area contributed by atoms with Crippen LogP contribution in [0.4, 0.5) is 0 Å². The number of likely N-dealkylation sites (N-methyl/N-ethyl adjacent to an activating group) is 1. The van der Waals surface area contributed by atoms with Gasteiger partial charge in [0, 0.05) is 13.1 Å². The van der Waals surface area contributed by atoms with E-state index in [0.29, 0.717) is 6.54 Å². The van der Waals surface area contributed by atoms with Crippen LogP contribution in [0.1, 0.15) is 38.4 Å². The quantitative estimate of drug-likeness (QED) is 0.908. The minimum atomic E-state index is -0.391. The first-order valence-electron chi connectivity index (χ1n) is 8.20. The third-order valence-electron chi connectivity index (χ3n) is 4.75. The fraction of sp³-hybridized carbons (Fsp3) is 0.611. The van der Waals surface area contributed by atoms with Crippen molar-refractivity contribution >= 4 is 5.91 Å². The van der Waals surface area contributed by atoms with Gasteiger partial charge in [0.25, 0.3) is 0 Å². The number of hydrogen-bond acceptors (Lipinski definition) is 3. The van der Waals surface area contributed by atoms with E-state index in [-0.39, 0.29) is 17.9 Å². The number of rotatable bonds is 5. The van der Waals surface area contributed by atoms with Crippen LogP contribution in [0, 0.1) is 5.92 Å². The first kappa shape index (κ1) is 17.0. The first-order chi connectivity index (χ1) is 10.5. The lowest BCUT2D eigenvalue weighted by Gasteiger charge is -2.35. The molecule has 2 rings (SSSR count). The zero-order valence-corrected chi connectivity index (χ0v) is 13.9.